The van der Waals surface area contributed by atoms with Crippen LogP contribution in [-0.2, 0) is 25.5 Å². The van der Waals surface area contributed by atoms with Crippen molar-refractivity contribution < 1.29 is 19.1 Å². The maximum absolute atomic E-state index is 11.7. The van der Waals surface area contributed by atoms with Crippen molar-refractivity contribution >= 4 is 29.2 Å². The van der Waals surface area contributed by atoms with Gasteiger partial charge in [-0.1, -0.05) is 48.0 Å². The first kappa shape index (κ1) is 20.2. The molecule has 1 fully saturated rings. The summed E-state index contributed by atoms with van der Waals surface area (Å²) in [4.78, 5) is 25.3. The molecule has 0 aliphatic carbocycles. The molecule has 1 aliphatic heterocycles. The molecule has 28 heavy (non-hydrogen) atoms. The van der Waals surface area contributed by atoms with E-state index in [1.54, 1.807) is 0 Å². The molecular weight excluding hydrogens is 378 g/mol. The second-order valence-electron chi connectivity index (χ2n) is 6.92. The fraction of sp³-hybridized carbons (Fsp3) is 0.364. The lowest BCUT2D eigenvalue weighted by Gasteiger charge is -2.41. The van der Waals surface area contributed by atoms with E-state index in [0.29, 0.717) is 18.0 Å². The lowest BCUT2D eigenvalue weighted by Crippen LogP contribution is -2.52. The minimum absolute atomic E-state index is 0.389. The zero-order valence-corrected chi connectivity index (χ0v) is 16.8. The van der Waals surface area contributed by atoms with Crippen LogP contribution in [0.2, 0.25) is 5.02 Å². The highest BCUT2D eigenvalue weighted by Gasteiger charge is 2.37. The molecule has 1 saturated heterocycles. The Balaban J connectivity index is 1.97. The summed E-state index contributed by atoms with van der Waals surface area (Å²) < 4.78 is 11.0. The van der Waals surface area contributed by atoms with Crippen molar-refractivity contribution in [2.45, 2.75) is 45.4 Å². The number of benzene rings is 2. The zero-order valence-electron chi connectivity index (χ0n) is 16.1. The van der Waals surface area contributed by atoms with Gasteiger partial charge in [-0.05, 0) is 42.5 Å². The summed E-state index contributed by atoms with van der Waals surface area (Å²) in [6, 6.07) is 15.9. The molecule has 0 unspecified atom stereocenters. The Kier molecular flexibility index (Phi) is 6.57. The zero-order chi connectivity index (χ0) is 20.1. The van der Waals surface area contributed by atoms with Crippen molar-refractivity contribution in [2.75, 3.05) is 11.4 Å². The molecule has 2 aromatic rings. The highest BCUT2D eigenvalue weighted by molar-refractivity contribution is 6.30. The number of hydrogen-bond donors (Lipinski definition) is 0. The van der Waals surface area contributed by atoms with E-state index in [9.17, 15) is 9.59 Å². The predicted molar refractivity (Wildman–Crippen MR) is 108 cm³/mol. The van der Waals surface area contributed by atoms with Crippen LogP contribution < -0.4 is 4.90 Å². The molecule has 1 heterocycles. The van der Waals surface area contributed by atoms with E-state index in [2.05, 4.69) is 12.1 Å². The van der Waals surface area contributed by atoms with Gasteiger partial charge < -0.3 is 14.4 Å². The molecule has 0 radical (unpaired) electrons. The van der Waals surface area contributed by atoms with Gasteiger partial charge in [0.25, 0.3) is 0 Å². The molecule has 0 spiro atoms. The average molecular weight is 402 g/mol. The van der Waals surface area contributed by atoms with Crippen LogP contribution in [0, 0.1) is 0 Å². The Bertz CT molecular complexity index is 840. The van der Waals surface area contributed by atoms with E-state index in [4.69, 9.17) is 21.1 Å². The van der Waals surface area contributed by atoms with E-state index in [0.717, 1.165) is 24.1 Å². The fourth-order valence-electron chi connectivity index (χ4n) is 3.60. The number of hydrogen-bond acceptors (Lipinski definition) is 5. The molecule has 1 aliphatic rings. The first-order valence-corrected chi connectivity index (χ1v) is 9.75. The minimum Gasteiger partial charge on any atom is -0.456 e. The molecular formula is C22H24ClNO4. The second kappa shape index (κ2) is 9.11. The summed E-state index contributed by atoms with van der Waals surface area (Å²) in [6.45, 7) is 3.41. The molecule has 0 bridgehead atoms. The number of carbonyl (C=O) groups is 2. The van der Waals surface area contributed by atoms with E-state index in [-0.39, 0.29) is 5.97 Å². The Morgan fingerprint density at radius 1 is 1.07 bits per heavy atom. The van der Waals surface area contributed by atoms with Crippen molar-refractivity contribution in [2.24, 2.45) is 0 Å². The molecule has 2 atom stereocenters. The summed E-state index contributed by atoms with van der Waals surface area (Å²) in [7, 11) is 0. The number of carbonyl (C=O) groups excluding carboxylic acids is 2. The van der Waals surface area contributed by atoms with Crippen LogP contribution in [0.4, 0.5) is 5.69 Å². The van der Waals surface area contributed by atoms with Crippen LogP contribution in [0.25, 0.3) is 0 Å². The Morgan fingerprint density at radius 2 is 1.79 bits per heavy atom. The molecule has 0 saturated carbocycles. The first-order chi connectivity index (χ1) is 13.4. The molecule has 148 valence electrons. The van der Waals surface area contributed by atoms with Gasteiger partial charge in [0.1, 0.15) is 0 Å². The maximum Gasteiger partial charge on any atom is 0.304 e. The van der Waals surface area contributed by atoms with Crippen LogP contribution >= 0.6 is 11.6 Å². The molecule has 0 aromatic heterocycles. The third-order valence-corrected chi connectivity index (χ3v) is 4.95. The molecule has 0 N–H and O–H groups in total. The van der Waals surface area contributed by atoms with E-state index in [1.807, 2.05) is 41.3 Å². The van der Waals surface area contributed by atoms with Gasteiger partial charge >= 0.3 is 11.9 Å². The first-order valence-electron chi connectivity index (χ1n) is 9.37. The third kappa shape index (κ3) is 5.04. The minimum atomic E-state index is -0.678. The van der Waals surface area contributed by atoms with Crippen LogP contribution in [0.5, 0.6) is 0 Å². The summed E-state index contributed by atoms with van der Waals surface area (Å²) in [6.07, 6.45) is 0.978. The second-order valence-corrected chi connectivity index (χ2v) is 7.36. The van der Waals surface area contributed by atoms with E-state index < -0.39 is 18.3 Å². The number of anilines is 1. The van der Waals surface area contributed by atoms with Crippen LogP contribution in [0.3, 0.4) is 0 Å². The normalized spacial score (nSPS) is 19.2. The van der Waals surface area contributed by atoms with Crippen LogP contribution in [0.15, 0.2) is 48.5 Å². The predicted octanol–water partition coefficient (Wildman–Crippen LogP) is 4.35. The molecule has 5 nitrogen and oxygen atoms in total. The average Bonchev–Trinajstić information content (AvgIpc) is 2.65. The number of rotatable bonds is 5. The maximum atomic E-state index is 11.7. The Hall–Kier alpha value is -2.53. The lowest BCUT2D eigenvalue weighted by atomic mass is 9.99. The van der Waals surface area contributed by atoms with Gasteiger partial charge in [-0.25, -0.2) is 0 Å². The molecule has 6 heteroatoms. The lowest BCUT2D eigenvalue weighted by molar-refractivity contribution is -0.167. The van der Waals surface area contributed by atoms with E-state index in [1.165, 1.54) is 19.4 Å². The van der Waals surface area contributed by atoms with Gasteiger partial charge in [0.15, 0.2) is 6.10 Å². The highest BCUT2D eigenvalue weighted by atomic mass is 35.5. The summed E-state index contributed by atoms with van der Waals surface area (Å²) in [5, 5.41) is 0.600. The number of ether oxygens (including phenoxy) is 2. The number of esters is 2. The summed E-state index contributed by atoms with van der Waals surface area (Å²) in [5.41, 5.74) is 3.12. The van der Waals surface area contributed by atoms with Crippen molar-refractivity contribution in [3.8, 4) is 0 Å². The number of piperidine rings is 1. The van der Waals surface area contributed by atoms with Crippen molar-refractivity contribution in [1.82, 2.24) is 0 Å². The Morgan fingerprint density at radius 3 is 2.46 bits per heavy atom. The quantitative estimate of drug-likeness (QED) is 0.697. The van der Waals surface area contributed by atoms with Gasteiger partial charge in [0.05, 0.1) is 0 Å². The van der Waals surface area contributed by atoms with Gasteiger partial charge in [0, 0.05) is 31.1 Å². The van der Waals surface area contributed by atoms with Crippen molar-refractivity contribution in [3.05, 3.63) is 64.7 Å². The number of nitrogens with zero attached hydrogens (tertiary/aromatic N) is 1. The standard InChI is InChI=1S/C22H24ClNO4/c1-15(25)27-21-9-6-12-24(22(21)28-16(2)26)20-14-19(23)11-10-18(20)13-17-7-4-3-5-8-17/h3-5,7-8,10-11,14,21-22H,6,9,12-13H2,1-2H3/t21-,22-/m1/s1. The van der Waals surface area contributed by atoms with Gasteiger partial charge in [-0.3, -0.25) is 9.59 Å². The fourth-order valence-corrected chi connectivity index (χ4v) is 3.77. The van der Waals surface area contributed by atoms with Gasteiger partial charge in [0.2, 0.25) is 6.23 Å². The van der Waals surface area contributed by atoms with Crippen LogP contribution in [0.1, 0.15) is 37.8 Å². The van der Waals surface area contributed by atoms with Gasteiger partial charge in [-0.15, -0.1) is 0 Å². The van der Waals surface area contributed by atoms with Crippen molar-refractivity contribution in [3.63, 3.8) is 0 Å². The smallest absolute Gasteiger partial charge is 0.304 e. The molecule has 0 amide bonds. The summed E-state index contributed by atoms with van der Waals surface area (Å²) >= 11 is 6.29. The van der Waals surface area contributed by atoms with Gasteiger partial charge in [-0.2, -0.15) is 0 Å². The molecule has 3 rings (SSSR count). The largest absolute Gasteiger partial charge is 0.456 e. The summed E-state index contributed by atoms with van der Waals surface area (Å²) in [5.74, 6) is -0.805. The third-order valence-electron chi connectivity index (χ3n) is 4.71. The van der Waals surface area contributed by atoms with Crippen molar-refractivity contribution in [1.29, 1.82) is 0 Å². The Labute approximate surface area is 170 Å². The van der Waals surface area contributed by atoms with Crippen LogP contribution in [-0.4, -0.2) is 30.8 Å². The monoisotopic (exact) mass is 401 g/mol. The van der Waals surface area contributed by atoms with E-state index >= 15 is 0 Å². The SMILES string of the molecule is CC(=O)O[C@@H]1[C@H](OC(C)=O)CCCN1c1cc(Cl)ccc1Cc1ccccc1. The highest BCUT2D eigenvalue weighted by Crippen LogP contribution is 2.33. The molecule has 2 aromatic carbocycles. The number of halogens is 1. The topological polar surface area (TPSA) is 55.8 Å².